The highest BCUT2D eigenvalue weighted by atomic mass is 35.5. The smallest absolute Gasteiger partial charge is 0.266 e. The van der Waals surface area contributed by atoms with Crippen molar-refractivity contribution in [2.45, 2.75) is 19.1 Å². The zero-order valence-corrected chi connectivity index (χ0v) is 18.0. The first kappa shape index (κ1) is 20.1. The van der Waals surface area contributed by atoms with Gasteiger partial charge in [0.05, 0.1) is 17.4 Å². The molecule has 3 aromatic carbocycles. The number of amides is 2. The van der Waals surface area contributed by atoms with E-state index in [2.05, 4.69) is 0 Å². The zero-order chi connectivity index (χ0) is 21.7. The normalized spacial score (nSPS) is 22.9. The summed E-state index contributed by atoms with van der Waals surface area (Å²) in [5.41, 5.74) is 2.71. The molecule has 2 saturated heterocycles. The van der Waals surface area contributed by atoms with Crippen LogP contribution in [0.15, 0.2) is 72.8 Å². The van der Waals surface area contributed by atoms with Gasteiger partial charge in [0, 0.05) is 10.0 Å². The van der Waals surface area contributed by atoms with Crippen LogP contribution in [-0.4, -0.2) is 17.9 Å². The van der Waals surface area contributed by atoms with E-state index in [1.165, 1.54) is 4.90 Å². The molecule has 3 aromatic rings. The lowest BCUT2D eigenvalue weighted by Crippen LogP contribution is -2.37. The van der Waals surface area contributed by atoms with Crippen LogP contribution >= 0.6 is 23.2 Å². The molecule has 2 aliphatic rings. The van der Waals surface area contributed by atoms with Crippen molar-refractivity contribution < 1.29 is 14.4 Å². The number of anilines is 2. The molecule has 0 radical (unpaired) electrons. The van der Waals surface area contributed by atoms with Crippen LogP contribution in [0.2, 0.25) is 10.0 Å². The van der Waals surface area contributed by atoms with Crippen LogP contribution in [-0.2, 0) is 14.4 Å². The average molecular weight is 453 g/mol. The highest BCUT2D eigenvalue weighted by Crippen LogP contribution is 2.48. The molecule has 2 aliphatic heterocycles. The number of halogens is 2. The molecule has 0 aliphatic carbocycles. The average Bonchev–Trinajstić information content (AvgIpc) is 3.27. The quantitative estimate of drug-likeness (QED) is 0.502. The van der Waals surface area contributed by atoms with E-state index in [1.807, 2.05) is 42.5 Å². The Hall–Kier alpha value is -2.86. The first-order valence-electron chi connectivity index (χ1n) is 9.87. The molecule has 5 nitrogen and oxygen atoms in total. The molecule has 0 saturated carbocycles. The monoisotopic (exact) mass is 452 g/mol. The molecule has 156 valence electrons. The third kappa shape index (κ3) is 3.21. The molecular weight excluding hydrogens is 435 g/mol. The Balaban J connectivity index is 1.61. The fourth-order valence-electron chi connectivity index (χ4n) is 4.32. The minimum atomic E-state index is -0.935. The molecule has 0 N–H and O–H groups in total. The first-order chi connectivity index (χ1) is 15.0. The molecule has 0 aromatic heterocycles. The van der Waals surface area contributed by atoms with Crippen molar-refractivity contribution in [3.8, 4) is 0 Å². The summed E-state index contributed by atoms with van der Waals surface area (Å²) in [4.78, 5) is 34.3. The van der Waals surface area contributed by atoms with Crippen LogP contribution in [0.3, 0.4) is 0 Å². The predicted molar refractivity (Wildman–Crippen MR) is 120 cm³/mol. The van der Waals surface area contributed by atoms with Gasteiger partial charge in [-0.15, -0.1) is 0 Å². The summed E-state index contributed by atoms with van der Waals surface area (Å²) >= 11 is 12.5. The largest absolute Gasteiger partial charge is 0.273 e. The number of carbonyl (C=O) groups is 2. The van der Waals surface area contributed by atoms with Gasteiger partial charge in [0.1, 0.15) is 5.92 Å². The summed E-state index contributed by atoms with van der Waals surface area (Å²) < 4.78 is 0. The molecule has 7 heteroatoms. The van der Waals surface area contributed by atoms with Gasteiger partial charge >= 0.3 is 0 Å². The topological polar surface area (TPSA) is 49.9 Å². The molecule has 0 spiro atoms. The van der Waals surface area contributed by atoms with Gasteiger partial charge in [-0.3, -0.25) is 14.4 Å². The van der Waals surface area contributed by atoms with Crippen LogP contribution in [0.5, 0.6) is 0 Å². The second kappa shape index (κ2) is 7.68. The highest BCUT2D eigenvalue weighted by Gasteiger charge is 2.60. The molecule has 2 amide bonds. The minimum Gasteiger partial charge on any atom is -0.273 e. The summed E-state index contributed by atoms with van der Waals surface area (Å²) in [6, 6.07) is 21.4. The van der Waals surface area contributed by atoms with Crippen LogP contribution in [0.1, 0.15) is 17.2 Å². The van der Waals surface area contributed by atoms with Gasteiger partial charge in [-0.05, 0) is 54.4 Å². The lowest BCUT2D eigenvalue weighted by atomic mass is 9.90. The molecule has 5 rings (SSSR count). The van der Waals surface area contributed by atoms with Crippen molar-refractivity contribution in [1.82, 2.24) is 0 Å². The van der Waals surface area contributed by atoms with E-state index in [0.29, 0.717) is 21.3 Å². The number of carbonyl (C=O) groups excluding carboxylic acids is 2. The number of imide groups is 1. The fourth-order valence-corrected chi connectivity index (χ4v) is 4.69. The van der Waals surface area contributed by atoms with Crippen LogP contribution in [0, 0.1) is 12.8 Å². The Morgan fingerprint density at radius 2 is 1.61 bits per heavy atom. The van der Waals surface area contributed by atoms with E-state index < -0.39 is 24.0 Å². The van der Waals surface area contributed by atoms with Crippen LogP contribution < -0.4 is 9.96 Å². The molecule has 0 unspecified atom stereocenters. The summed E-state index contributed by atoms with van der Waals surface area (Å²) in [6.07, 6.45) is -0.935. The second-order valence-electron chi connectivity index (χ2n) is 7.61. The summed E-state index contributed by atoms with van der Waals surface area (Å²) in [5.74, 6) is -1.43. The molecule has 3 atom stereocenters. The van der Waals surface area contributed by atoms with Gasteiger partial charge in [0.25, 0.3) is 5.91 Å². The maximum Gasteiger partial charge on any atom is 0.266 e. The number of benzene rings is 3. The van der Waals surface area contributed by atoms with Crippen molar-refractivity contribution >= 4 is 46.4 Å². The minimum absolute atomic E-state index is 0.316. The first-order valence-corrected chi connectivity index (χ1v) is 10.6. The lowest BCUT2D eigenvalue weighted by molar-refractivity contribution is -0.126. The molecule has 0 bridgehead atoms. The van der Waals surface area contributed by atoms with E-state index in [4.69, 9.17) is 28.0 Å². The van der Waals surface area contributed by atoms with Crippen molar-refractivity contribution in [2.75, 3.05) is 9.96 Å². The predicted octanol–water partition coefficient (Wildman–Crippen LogP) is 5.35. The number of hydrogen-bond acceptors (Lipinski definition) is 4. The zero-order valence-electron chi connectivity index (χ0n) is 16.5. The number of nitrogens with zero attached hydrogens (tertiary/aromatic N) is 2. The van der Waals surface area contributed by atoms with Crippen LogP contribution in [0.25, 0.3) is 0 Å². The van der Waals surface area contributed by atoms with Gasteiger partial charge < -0.3 is 0 Å². The highest BCUT2D eigenvalue weighted by molar-refractivity contribution is 6.32. The number of fused-ring (bicyclic) bond motifs is 1. The van der Waals surface area contributed by atoms with E-state index >= 15 is 0 Å². The molecule has 31 heavy (non-hydrogen) atoms. The van der Waals surface area contributed by atoms with Gasteiger partial charge in [0.15, 0.2) is 6.10 Å². The van der Waals surface area contributed by atoms with Crippen molar-refractivity contribution in [1.29, 1.82) is 0 Å². The Morgan fingerprint density at radius 3 is 2.35 bits per heavy atom. The van der Waals surface area contributed by atoms with E-state index in [-0.39, 0.29) is 5.91 Å². The standard InChI is InChI=1S/C24H18Cl2N2O3/c1-14-18(26)11-6-12-19(14)27-23(29)20-21(15-7-5-8-16(25)13-15)28(31-22(20)24(27)30)17-9-3-2-4-10-17/h2-13,20-22H,1H3/t20-,21-,22+/m0/s1. The van der Waals surface area contributed by atoms with Gasteiger partial charge in [-0.2, -0.15) is 0 Å². The number of hydrogen-bond donors (Lipinski definition) is 0. The van der Waals surface area contributed by atoms with E-state index in [1.54, 1.807) is 42.3 Å². The Labute approximate surface area is 189 Å². The lowest BCUT2D eigenvalue weighted by Gasteiger charge is -2.29. The Bertz CT molecular complexity index is 1180. The summed E-state index contributed by atoms with van der Waals surface area (Å²) in [5, 5.41) is 2.69. The number of hydroxylamine groups is 1. The maximum atomic E-state index is 13.6. The number of para-hydroxylation sites is 1. The van der Waals surface area contributed by atoms with Crippen LogP contribution in [0.4, 0.5) is 11.4 Å². The summed E-state index contributed by atoms with van der Waals surface area (Å²) in [6.45, 7) is 1.79. The van der Waals surface area contributed by atoms with E-state index in [0.717, 1.165) is 11.3 Å². The Morgan fingerprint density at radius 1 is 0.871 bits per heavy atom. The Kier molecular flexibility index (Phi) is 4.97. The maximum absolute atomic E-state index is 13.6. The SMILES string of the molecule is Cc1c(Cl)cccc1N1C(=O)[C@@H]2[C@@H](ON(c3ccccc3)[C@H]2c2cccc(Cl)c2)C1=O. The molecule has 2 heterocycles. The summed E-state index contributed by atoms with van der Waals surface area (Å²) in [7, 11) is 0. The van der Waals surface area contributed by atoms with Crippen molar-refractivity contribution in [2.24, 2.45) is 5.92 Å². The molecular formula is C24H18Cl2N2O3. The fraction of sp³-hybridized carbons (Fsp3) is 0.167. The van der Waals surface area contributed by atoms with Crippen molar-refractivity contribution in [3.05, 3.63) is 94.0 Å². The van der Waals surface area contributed by atoms with Gasteiger partial charge in [-0.1, -0.05) is 59.6 Å². The number of rotatable bonds is 3. The van der Waals surface area contributed by atoms with E-state index in [9.17, 15) is 9.59 Å². The van der Waals surface area contributed by atoms with Gasteiger partial charge in [0.2, 0.25) is 5.91 Å². The second-order valence-corrected chi connectivity index (χ2v) is 8.45. The van der Waals surface area contributed by atoms with Crippen molar-refractivity contribution in [3.63, 3.8) is 0 Å². The third-order valence-corrected chi connectivity index (χ3v) is 6.44. The molecule has 2 fully saturated rings. The van der Waals surface area contributed by atoms with Gasteiger partial charge in [-0.25, -0.2) is 9.96 Å². The third-order valence-electron chi connectivity index (χ3n) is 5.80.